The van der Waals surface area contributed by atoms with E-state index in [4.69, 9.17) is 22.0 Å². The van der Waals surface area contributed by atoms with Crippen molar-refractivity contribution in [2.45, 2.75) is 0 Å². The zero-order chi connectivity index (χ0) is 13.5. The second kappa shape index (κ2) is 6.66. The molecule has 94 valence electrons. The summed E-state index contributed by atoms with van der Waals surface area (Å²) >= 11 is 5.75. The number of rotatable bonds is 4. The molecule has 0 saturated heterocycles. The van der Waals surface area contributed by atoms with E-state index in [1.165, 1.54) is 20.2 Å². The summed E-state index contributed by atoms with van der Waals surface area (Å²) in [5.74, 6) is -0.537. The molecule has 0 atom stereocenters. The van der Waals surface area contributed by atoms with Crippen LogP contribution in [-0.4, -0.2) is 25.1 Å². The average Bonchev–Trinajstić information content (AvgIpc) is 2.39. The number of carbonyl (C=O) groups excluding carboxylic acids is 1. The first-order valence-corrected chi connectivity index (χ1v) is 5.31. The van der Waals surface area contributed by atoms with Crippen LogP contribution in [0.3, 0.4) is 0 Å². The van der Waals surface area contributed by atoms with Crippen molar-refractivity contribution in [2.75, 3.05) is 14.2 Å². The maximum absolute atomic E-state index is 11.8. The molecule has 0 aliphatic rings. The minimum absolute atomic E-state index is 0.0656. The molecule has 18 heavy (non-hydrogen) atoms. The summed E-state index contributed by atoms with van der Waals surface area (Å²) in [6, 6.07) is 6.75. The van der Waals surface area contributed by atoms with Gasteiger partial charge in [-0.2, -0.15) is 0 Å². The van der Waals surface area contributed by atoms with Crippen molar-refractivity contribution in [3.05, 3.63) is 51.0 Å². The van der Waals surface area contributed by atoms with Crippen LogP contribution in [0.1, 0.15) is 5.56 Å². The molecule has 7 heteroatoms. The van der Waals surface area contributed by atoms with E-state index in [9.17, 15) is 4.79 Å². The monoisotopic (exact) mass is 266 g/mol. The van der Waals surface area contributed by atoms with Crippen molar-refractivity contribution in [3.8, 4) is 0 Å². The van der Waals surface area contributed by atoms with E-state index >= 15 is 0 Å². The Morgan fingerprint density at radius 1 is 1.50 bits per heavy atom. The molecule has 0 spiro atoms. The van der Waals surface area contributed by atoms with Crippen LogP contribution in [0.2, 0.25) is 5.02 Å². The SMILES string of the molecule is CON(C)C(=O)/C(=C/c1ccc(Cl)cc1)N=[N+]=[N-]. The van der Waals surface area contributed by atoms with Gasteiger partial charge in [-0.1, -0.05) is 28.8 Å². The van der Waals surface area contributed by atoms with Crippen LogP contribution in [0, 0.1) is 0 Å². The van der Waals surface area contributed by atoms with Crippen LogP contribution in [0.25, 0.3) is 16.5 Å². The molecule has 1 rings (SSSR count). The van der Waals surface area contributed by atoms with E-state index in [2.05, 4.69) is 10.0 Å². The third kappa shape index (κ3) is 3.78. The predicted octanol–water partition coefficient (Wildman–Crippen LogP) is 3.01. The van der Waals surface area contributed by atoms with Gasteiger partial charge in [0, 0.05) is 17.0 Å². The molecule has 0 N–H and O–H groups in total. The Hall–Kier alpha value is -2.01. The van der Waals surface area contributed by atoms with Crippen molar-refractivity contribution in [1.82, 2.24) is 5.06 Å². The summed E-state index contributed by atoms with van der Waals surface area (Å²) in [5, 5.41) is 4.90. The van der Waals surface area contributed by atoms with Gasteiger partial charge in [-0.25, -0.2) is 5.06 Å². The summed E-state index contributed by atoms with van der Waals surface area (Å²) in [6.07, 6.45) is 1.45. The van der Waals surface area contributed by atoms with E-state index in [0.29, 0.717) is 10.6 Å². The lowest BCUT2D eigenvalue weighted by Crippen LogP contribution is -2.26. The molecule has 0 aliphatic heterocycles. The molecular weight excluding hydrogens is 256 g/mol. The quantitative estimate of drug-likeness (QED) is 0.276. The highest BCUT2D eigenvalue weighted by molar-refractivity contribution is 6.30. The van der Waals surface area contributed by atoms with Crippen molar-refractivity contribution in [3.63, 3.8) is 0 Å². The first-order valence-electron chi connectivity index (χ1n) is 4.93. The van der Waals surface area contributed by atoms with Crippen LogP contribution in [0.15, 0.2) is 35.1 Å². The lowest BCUT2D eigenvalue weighted by molar-refractivity contribution is -0.163. The Morgan fingerprint density at radius 2 is 2.11 bits per heavy atom. The first kappa shape index (κ1) is 14.1. The standard InChI is InChI=1S/C11H11ClN4O2/c1-16(18-2)11(17)10(14-15-13)7-8-3-5-9(12)6-4-8/h3-7H,1-2H3/b10-7-. The number of carbonyl (C=O) groups is 1. The van der Waals surface area contributed by atoms with Gasteiger partial charge in [0.15, 0.2) is 0 Å². The second-order valence-corrected chi connectivity index (χ2v) is 3.69. The van der Waals surface area contributed by atoms with Gasteiger partial charge < -0.3 is 0 Å². The Bertz CT molecular complexity index is 506. The summed E-state index contributed by atoms with van der Waals surface area (Å²) in [7, 11) is 2.76. The lowest BCUT2D eigenvalue weighted by atomic mass is 10.2. The normalized spacial score (nSPS) is 10.7. The molecule has 0 unspecified atom stereocenters. The molecule has 0 aromatic heterocycles. The molecule has 0 bridgehead atoms. The smallest absolute Gasteiger partial charge is 0.274 e. The number of nitrogens with zero attached hydrogens (tertiary/aromatic N) is 4. The number of hydrogen-bond donors (Lipinski definition) is 0. The molecule has 0 fully saturated rings. The second-order valence-electron chi connectivity index (χ2n) is 3.26. The zero-order valence-electron chi connectivity index (χ0n) is 9.87. The van der Waals surface area contributed by atoms with Crippen LogP contribution in [0.4, 0.5) is 0 Å². The minimum atomic E-state index is -0.537. The number of benzene rings is 1. The zero-order valence-corrected chi connectivity index (χ0v) is 10.6. The molecule has 1 aromatic carbocycles. The summed E-state index contributed by atoms with van der Waals surface area (Å²) in [5.41, 5.74) is 9.08. The van der Waals surface area contributed by atoms with Crippen LogP contribution < -0.4 is 0 Å². The highest BCUT2D eigenvalue weighted by Gasteiger charge is 2.13. The summed E-state index contributed by atoms with van der Waals surface area (Å²) < 4.78 is 0. The van der Waals surface area contributed by atoms with Crippen molar-refractivity contribution in [1.29, 1.82) is 0 Å². The number of hydroxylamine groups is 2. The van der Waals surface area contributed by atoms with Gasteiger partial charge in [0.1, 0.15) is 5.70 Å². The third-order valence-corrected chi connectivity index (χ3v) is 2.36. The Balaban J connectivity index is 3.08. The topological polar surface area (TPSA) is 78.3 Å². The minimum Gasteiger partial charge on any atom is -0.274 e. The number of azide groups is 1. The van der Waals surface area contributed by atoms with Crippen LogP contribution >= 0.6 is 11.6 Å². The third-order valence-electron chi connectivity index (χ3n) is 2.10. The van der Waals surface area contributed by atoms with Gasteiger partial charge in [0.2, 0.25) is 0 Å². The van der Waals surface area contributed by atoms with Gasteiger partial charge in [-0.05, 0) is 29.3 Å². The molecule has 0 heterocycles. The van der Waals surface area contributed by atoms with Gasteiger partial charge >= 0.3 is 0 Å². The van der Waals surface area contributed by atoms with Gasteiger partial charge in [-0.3, -0.25) is 9.63 Å². The van der Waals surface area contributed by atoms with Gasteiger partial charge in [0.05, 0.1) is 7.11 Å². The molecule has 0 saturated carbocycles. The Kier molecular flexibility index (Phi) is 5.20. The molecule has 1 amide bonds. The number of halogens is 1. The summed E-state index contributed by atoms with van der Waals surface area (Å²) in [6.45, 7) is 0. The maximum Gasteiger partial charge on any atom is 0.279 e. The number of amides is 1. The number of hydrogen-bond acceptors (Lipinski definition) is 3. The van der Waals surface area contributed by atoms with Crippen molar-refractivity contribution in [2.24, 2.45) is 5.11 Å². The maximum atomic E-state index is 11.8. The fraction of sp³-hybridized carbons (Fsp3) is 0.182. The first-order chi connectivity index (χ1) is 8.58. The Morgan fingerprint density at radius 3 is 2.61 bits per heavy atom. The fourth-order valence-electron chi connectivity index (χ4n) is 1.14. The summed E-state index contributed by atoms with van der Waals surface area (Å²) in [4.78, 5) is 19.1. The van der Waals surface area contributed by atoms with E-state index in [0.717, 1.165) is 5.06 Å². The molecule has 0 aliphatic carbocycles. The van der Waals surface area contributed by atoms with Crippen LogP contribution in [-0.2, 0) is 9.63 Å². The highest BCUT2D eigenvalue weighted by Crippen LogP contribution is 2.14. The van der Waals surface area contributed by atoms with Crippen LogP contribution in [0.5, 0.6) is 0 Å². The van der Waals surface area contributed by atoms with E-state index in [1.54, 1.807) is 24.3 Å². The van der Waals surface area contributed by atoms with Gasteiger partial charge in [0.25, 0.3) is 5.91 Å². The predicted molar refractivity (Wildman–Crippen MR) is 68.4 cm³/mol. The molecule has 1 aromatic rings. The molecular formula is C11H11ClN4O2. The van der Waals surface area contributed by atoms with E-state index in [-0.39, 0.29) is 5.70 Å². The molecule has 0 radical (unpaired) electrons. The largest absolute Gasteiger partial charge is 0.279 e. The van der Waals surface area contributed by atoms with E-state index < -0.39 is 5.91 Å². The average molecular weight is 267 g/mol. The van der Waals surface area contributed by atoms with Crippen molar-refractivity contribution < 1.29 is 9.63 Å². The van der Waals surface area contributed by atoms with Crippen molar-refractivity contribution >= 4 is 23.6 Å². The lowest BCUT2D eigenvalue weighted by Gasteiger charge is -2.13. The Labute approximate surface area is 109 Å². The highest BCUT2D eigenvalue weighted by atomic mass is 35.5. The van der Waals surface area contributed by atoms with Gasteiger partial charge in [-0.15, -0.1) is 0 Å². The van der Waals surface area contributed by atoms with E-state index in [1.807, 2.05) is 0 Å². The fourth-order valence-corrected chi connectivity index (χ4v) is 1.27. The number of likely N-dealkylation sites (N-methyl/N-ethyl adjacent to an activating group) is 1. The molecule has 6 nitrogen and oxygen atoms in total.